The largest absolute Gasteiger partial charge is 0.146 e. The van der Waals surface area contributed by atoms with E-state index in [1.165, 1.54) is 20.5 Å². The van der Waals surface area contributed by atoms with Crippen LogP contribution in [0, 0.1) is 6.92 Å². The van der Waals surface area contributed by atoms with Gasteiger partial charge in [-0.25, -0.2) is 0 Å². The van der Waals surface area contributed by atoms with Crippen molar-refractivity contribution < 1.29 is 0 Å². The molecule has 78 valence electrons. The Morgan fingerprint density at radius 3 is 2.67 bits per heavy atom. The van der Waals surface area contributed by atoms with Gasteiger partial charge in [-0.2, -0.15) is 0 Å². The van der Waals surface area contributed by atoms with Gasteiger partial charge in [-0.1, -0.05) is 45.8 Å². The molecule has 0 aliphatic rings. The molecule has 0 aliphatic heterocycles. The zero-order valence-corrected chi connectivity index (χ0v) is 12.2. The number of alkyl halides is 1. The lowest BCUT2D eigenvalue weighted by molar-refractivity contribution is 1.20. The van der Waals surface area contributed by atoms with Crippen LogP contribution in [0.25, 0.3) is 0 Å². The predicted molar refractivity (Wildman–Crippen MR) is 74.0 cm³/mol. The van der Waals surface area contributed by atoms with E-state index in [1.807, 2.05) is 0 Å². The third-order valence-electron chi connectivity index (χ3n) is 2.21. The van der Waals surface area contributed by atoms with E-state index in [-0.39, 0.29) is 4.83 Å². The van der Waals surface area contributed by atoms with Gasteiger partial charge in [0, 0.05) is 9.35 Å². The van der Waals surface area contributed by atoms with Gasteiger partial charge in [0.1, 0.15) is 0 Å². The number of hydrogen-bond donors (Lipinski definition) is 0. The van der Waals surface area contributed by atoms with Crippen LogP contribution < -0.4 is 0 Å². The molecule has 0 nitrogen and oxygen atoms in total. The van der Waals surface area contributed by atoms with E-state index < -0.39 is 0 Å². The summed E-state index contributed by atoms with van der Waals surface area (Å²) in [6.45, 7) is 2.12. The van der Waals surface area contributed by atoms with Gasteiger partial charge in [-0.3, -0.25) is 0 Å². The lowest BCUT2D eigenvalue weighted by atomic mass is 10.1. The molecule has 0 N–H and O–H groups in total. The standard InChI is InChI=1S/C12H10Br2S/c1-8-3-2-4-9(7-8)11(14)12-10(13)5-6-15-12/h2-7,11H,1H3. The molecule has 15 heavy (non-hydrogen) atoms. The monoisotopic (exact) mass is 344 g/mol. The van der Waals surface area contributed by atoms with Crippen molar-refractivity contribution in [2.45, 2.75) is 11.8 Å². The molecular formula is C12H10Br2S. The van der Waals surface area contributed by atoms with Gasteiger partial charge < -0.3 is 0 Å². The van der Waals surface area contributed by atoms with Crippen LogP contribution in [0.1, 0.15) is 20.8 Å². The van der Waals surface area contributed by atoms with Crippen molar-refractivity contribution in [1.82, 2.24) is 0 Å². The lowest BCUT2D eigenvalue weighted by Gasteiger charge is -2.09. The van der Waals surface area contributed by atoms with Crippen LogP contribution in [0.2, 0.25) is 0 Å². The second kappa shape index (κ2) is 4.81. The molecule has 0 spiro atoms. The molecule has 0 radical (unpaired) electrons. The lowest BCUT2D eigenvalue weighted by Crippen LogP contribution is -1.90. The van der Waals surface area contributed by atoms with E-state index in [4.69, 9.17) is 0 Å². The summed E-state index contributed by atoms with van der Waals surface area (Å²) in [7, 11) is 0. The van der Waals surface area contributed by atoms with E-state index in [9.17, 15) is 0 Å². The van der Waals surface area contributed by atoms with E-state index in [0.717, 1.165) is 0 Å². The molecular weight excluding hydrogens is 336 g/mol. The molecule has 1 heterocycles. The third kappa shape index (κ3) is 2.52. The highest BCUT2D eigenvalue weighted by Crippen LogP contribution is 2.38. The first-order chi connectivity index (χ1) is 7.18. The molecule has 0 fully saturated rings. The first-order valence-electron chi connectivity index (χ1n) is 4.62. The summed E-state index contributed by atoms with van der Waals surface area (Å²) in [5.74, 6) is 0. The smallest absolute Gasteiger partial charge is 0.0749 e. The zero-order valence-electron chi connectivity index (χ0n) is 8.21. The molecule has 1 atom stereocenters. The maximum Gasteiger partial charge on any atom is 0.0749 e. The Morgan fingerprint density at radius 1 is 1.27 bits per heavy atom. The molecule has 2 rings (SSSR count). The molecule has 1 unspecified atom stereocenters. The maximum atomic E-state index is 3.74. The van der Waals surface area contributed by atoms with Crippen LogP contribution in [0.3, 0.4) is 0 Å². The predicted octanol–water partition coefficient (Wildman–Crippen LogP) is 5.30. The fraction of sp³-hybridized carbons (Fsp3) is 0.167. The maximum absolute atomic E-state index is 3.74. The van der Waals surface area contributed by atoms with E-state index in [0.29, 0.717) is 0 Å². The summed E-state index contributed by atoms with van der Waals surface area (Å²) >= 11 is 9.07. The minimum atomic E-state index is 0.284. The van der Waals surface area contributed by atoms with Crippen LogP contribution in [0.15, 0.2) is 40.2 Å². The minimum absolute atomic E-state index is 0.284. The average Bonchev–Trinajstić information content (AvgIpc) is 2.63. The van der Waals surface area contributed by atoms with Crippen molar-refractivity contribution in [3.05, 3.63) is 56.2 Å². The Kier molecular flexibility index (Phi) is 3.65. The van der Waals surface area contributed by atoms with Crippen molar-refractivity contribution in [1.29, 1.82) is 0 Å². The number of benzene rings is 1. The van der Waals surface area contributed by atoms with Crippen molar-refractivity contribution in [2.75, 3.05) is 0 Å². The molecule has 2 aromatic rings. The number of thiophene rings is 1. The van der Waals surface area contributed by atoms with Gasteiger partial charge in [-0.15, -0.1) is 11.3 Å². The normalized spacial score (nSPS) is 12.7. The van der Waals surface area contributed by atoms with Gasteiger partial charge in [0.25, 0.3) is 0 Å². The fourth-order valence-electron chi connectivity index (χ4n) is 1.47. The van der Waals surface area contributed by atoms with Gasteiger partial charge >= 0.3 is 0 Å². The number of halogens is 2. The van der Waals surface area contributed by atoms with Gasteiger partial charge in [0.15, 0.2) is 0 Å². The SMILES string of the molecule is Cc1cccc(C(Br)c2sccc2Br)c1. The van der Waals surface area contributed by atoms with Crippen LogP contribution in [-0.2, 0) is 0 Å². The summed E-state index contributed by atoms with van der Waals surface area (Å²) in [4.78, 5) is 1.60. The van der Waals surface area contributed by atoms with Crippen LogP contribution in [0.4, 0.5) is 0 Å². The first-order valence-corrected chi connectivity index (χ1v) is 7.21. The third-order valence-corrected chi connectivity index (χ3v) is 5.43. The molecule has 0 amide bonds. The average molecular weight is 346 g/mol. The molecule has 1 aromatic carbocycles. The number of hydrogen-bond acceptors (Lipinski definition) is 1. The van der Waals surface area contributed by atoms with Crippen LogP contribution >= 0.6 is 43.2 Å². The van der Waals surface area contributed by atoms with E-state index >= 15 is 0 Å². The van der Waals surface area contributed by atoms with Gasteiger partial charge in [0.2, 0.25) is 0 Å². The Balaban J connectivity index is 2.36. The highest BCUT2D eigenvalue weighted by Gasteiger charge is 2.14. The molecule has 0 saturated carbocycles. The minimum Gasteiger partial charge on any atom is -0.146 e. The van der Waals surface area contributed by atoms with Gasteiger partial charge in [-0.05, 0) is 39.9 Å². The van der Waals surface area contributed by atoms with E-state index in [1.54, 1.807) is 11.3 Å². The molecule has 0 aliphatic carbocycles. The van der Waals surface area contributed by atoms with Crippen molar-refractivity contribution in [3.63, 3.8) is 0 Å². The molecule has 0 saturated heterocycles. The number of rotatable bonds is 2. The van der Waals surface area contributed by atoms with Crippen LogP contribution in [-0.4, -0.2) is 0 Å². The van der Waals surface area contributed by atoms with Crippen molar-refractivity contribution >= 4 is 43.2 Å². The zero-order chi connectivity index (χ0) is 10.8. The summed E-state index contributed by atoms with van der Waals surface area (Å²) < 4.78 is 1.18. The first kappa shape index (κ1) is 11.4. The summed E-state index contributed by atoms with van der Waals surface area (Å²) in [5, 5.41) is 2.10. The number of aryl methyl sites for hydroxylation is 1. The fourth-order valence-corrected chi connectivity index (χ4v) is 4.23. The summed E-state index contributed by atoms with van der Waals surface area (Å²) in [5.41, 5.74) is 2.60. The van der Waals surface area contributed by atoms with E-state index in [2.05, 4.69) is 74.5 Å². The molecule has 0 bridgehead atoms. The highest BCUT2D eigenvalue weighted by atomic mass is 79.9. The Hall–Kier alpha value is -0.120. The molecule has 3 heteroatoms. The Morgan fingerprint density at radius 2 is 2.07 bits per heavy atom. The quantitative estimate of drug-likeness (QED) is 0.647. The molecule has 1 aromatic heterocycles. The van der Waals surface area contributed by atoms with Gasteiger partial charge in [0.05, 0.1) is 4.83 Å². The van der Waals surface area contributed by atoms with Crippen molar-refractivity contribution in [2.24, 2.45) is 0 Å². The Bertz CT molecular complexity index is 462. The highest BCUT2D eigenvalue weighted by molar-refractivity contribution is 9.11. The second-order valence-corrected chi connectivity index (χ2v) is 6.13. The van der Waals surface area contributed by atoms with Crippen molar-refractivity contribution in [3.8, 4) is 0 Å². The summed E-state index contributed by atoms with van der Waals surface area (Å²) in [6, 6.07) is 10.7. The Labute approximate surface area is 111 Å². The summed E-state index contributed by atoms with van der Waals surface area (Å²) in [6.07, 6.45) is 0. The topological polar surface area (TPSA) is 0 Å². The van der Waals surface area contributed by atoms with Crippen LogP contribution in [0.5, 0.6) is 0 Å². The second-order valence-electron chi connectivity index (χ2n) is 3.41.